The van der Waals surface area contributed by atoms with E-state index in [1.165, 1.54) is 11.9 Å². The quantitative estimate of drug-likeness (QED) is 0.693. The molecular weight excluding hydrogens is 232 g/mol. The van der Waals surface area contributed by atoms with Crippen LogP contribution in [0.3, 0.4) is 0 Å². The maximum absolute atomic E-state index is 11.9. The van der Waals surface area contributed by atoms with Crippen molar-refractivity contribution in [2.45, 2.75) is 6.92 Å². The standard InChI is InChI=1S/C12H18N4O2/c1-3-16(8-11(17)14-2)12(18)15-10-6-4-5-9(13)7-10/h4-7H,3,8,13H2,1-2H3,(H,14,17)(H,15,18). The Morgan fingerprint density at radius 3 is 2.67 bits per heavy atom. The molecule has 0 heterocycles. The van der Waals surface area contributed by atoms with Gasteiger partial charge in [-0.25, -0.2) is 4.79 Å². The molecule has 0 radical (unpaired) electrons. The van der Waals surface area contributed by atoms with Crippen molar-refractivity contribution in [2.24, 2.45) is 0 Å². The molecule has 1 aromatic carbocycles. The number of nitrogens with zero attached hydrogens (tertiary/aromatic N) is 1. The molecule has 6 nitrogen and oxygen atoms in total. The summed E-state index contributed by atoms with van der Waals surface area (Å²) in [7, 11) is 1.53. The Balaban J connectivity index is 2.65. The number of hydrogen-bond donors (Lipinski definition) is 3. The van der Waals surface area contributed by atoms with Crippen LogP contribution in [0.25, 0.3) is 0 Å². The van der Waals surface area contributed by atoms with E-state index in [9.17, 15) is 9.59 Å². The van der Waals surface area contributed by atoms with Gasteiger partial charge in [0.15, 0.2) is 0 Å². The predicted octanol–water partition coefficient (Wildman–Crippen LogP) is 0.869. The highest BCUT2D eigenvalue weighted by molar-refractivity contribution is 5.92. The van der Waals surface area contributed by atoms with Crippen molar-refractivity contribution < 1.29 is 9.59 Å². The largest absolute Gasteiger partial charge is 0.399 e. The summed E-state index contributed by atoms with van der Waals surface area (Å²) in [5.41, 5.74) is 6.79. The maximum atomic E-state index is 11.9. The van der Waals surface area contributed by atoms with Gasteiger partial charge >= 0.3 is 6.03 Å². The second-order valence-corrected chi connectivity index (χ2v) is 3.74. The Morgan fingerprint density at radius 2 is 2.11 bits per heavy atom. The minimum Gasteiger partial charge on any atom is -0.399 e. The number of nitrogens with two attached hydrogens (primary N) is 1. The molecule has 0 bridgehead atoms. The minimum absolute atomic E-state index is 0.0289. The topological polar surface area (TPSA) is 87.5 Å². The molecule has 1 aromatic rings. The number of nitrogen functional groups attached to an aromatic ring is 1. The van der Waals surface area contributed by atoms with Crippen LogP contribution in [0.2, 0.25) is 0 Å². The van der Waals surface area contributed by atoms with Crippen LogP contribution in [0.4, 0.5) is 16.2 Å². The summed E-state index contributed by atoms with van der Waals surface area (Å²) >= 11 is 0. The molecule has 18 heavy (non-hydrogen) atoms. The summed E-state index contributed by atoms with van der Waals surface area (Å²) in [6.45, 7) is 2.28. The normalized spacial score (nSPS) is 9.67. The molecule has 98 valence electrons. The van der Waals surface area contributed by atoms with Crippen molar-refractivity contribution in [1.29, 1.82) is 0 Å². The van der Waals surface area contributed by atoms with Crippen molar-refractivity contribution in [3.63, 3.8) is 0 Å². The molecule has 3 amide bonds. The number of urea groups is 1. The fourth-order valence-electron chi connectivity index (χ4n) is 1.40. The summed E-state index contributed by atoms with van der Waals surface area (Å²) in [5, 5.41) is 5.17. The second kappa shape index (κ2) is 6.48. The zero-order chi connectivity index (χ0) is 13.5. The van der Waals surface area contributed by atoms with Crippen LogP contribution >= 0.6 is 0 Å². The van der Waals surface area contributed by atoms with E-state index in [4.69, 9.17) is 5.73 Å². The molecule has 0 spiro atoms. The molecule has 0 aliphatic rings. The molecule has 0 atom stereocenters. The van der Waals surface area contributed by atoms with Gasteiger partial charge in [-0.3, -0.25) is 4.79 Å². The van der Waals surface area contributed by atoms with E-state index in [0.717, 1.165) is 0 Å². The smallest absolute Gasteiger partial charge is 0.322 e. The third kappa shape index (κ3) is 3.97. The molecule has 1 rings (SSSR count). The van der Waals surface area contributed by atoms with E-state index in [1.807, 2.05) is 6.92 Å². The average Bonchev–Trinajstić information content (AvgIpc) is 2.35. The first-order valence-corrected chi connectivity index (χ1v) is 5.69. The number of amides is 3. The lowest BCUT2D eigenvalue weighted by molar-refractivity contribution is -0.121. The fraction of sp³-hybridized carbons (Fsp3) is 0.333. The molecule has 0 aromatic heterocycles. The number of benzene rings is 1. The highest BCUT2D eigenvalue weighted by atomic mass is 16.2. The van der Waals surface area contributed by atoms with Crippen LogP contribution in [0, 0.1) is 0 Å². The van der Waals surface area contributed by atoms with E-state index in [-0.39, 0.29) is 18.5 Å². The molecular formula is C12H18N4O2. The number of likely N-dealkylation sites (N-methyl/N-ethyl adjacent to an activating group) is 2. The lowest BCUT2D eigenvalue weighted by Crippen LogP contribution is -2.41. The van der Waals surface area contributed by atoms with Crippen molar-refractivity contribution >= 4 is 23.3 Å². The van der Waals surface area contributed by atoms with Crippen molar-refractivity contribution in [1.82, 2.24) is 10.2 Å². The van der Waals surface area contributed by atoms with Crippen molar-refractivity contribution in [2.75, 3.05) is 31.2 Å². The molecule has 0 aliphatic heterocycles. The first-order chi connectivity index (χ1) is 8.56. The van der Waals surface area contributed by atoms with Crippen LogP contribution in [0.15, 0.2) is 24.3 Å². The van der Waals surface area contributed by atoms with E-state index in [0.29, 0.717) is 17.9 Å². The van der Waals surface area contributed by atoms with Gasteiger partial charge in [-0.15, -0.1) is 0 Å². The van der Waals surface area contributed by atoms with Crippen molar-refractivity contribution in [3.8, 4) is 0 Å². The van der Waals surface area contributed by atoms with Gasteiger partial charge in [0, 0.05) is 25.0 Å². The maximum Gasteiger partial charge on any atom is 0.322 e. The fourth-order valence-corrected chi connectivity index (χ4v) is 1.40. The van der Waals surface area contributed by atoms with E-state index >= 15 is 0 Å². The molecule has 0 aliphatic carbocycles. The van der Waals surface area contributed by atoms with Crippen LogP contribution < -0.4 is 16.4 Å². The molecule has 0 unspecified atom stereocenters. The number of rotatable bonds is 4. The second-order valence-electron chi connectivity index (χ2n) is 3.74. The Hall–Kier alpha value is -2.24. The van der Waals surface area contributed by atoms with Gasteiger partial charge in [0.1, 0.15) is 6.54 Å². The SMILES string of the molecule is CCN(CC(=O)NC)C(=O)Nc1cccc(N)c1. The van der Waals surface area contributed by atoms with Crippen LogP contribution in [0.1, 0.15) is 6.92 Å². The van der Waals surface area contributed by atoms with Gasteiger partial charge in [-0.1, -0.05) is 6.07 Å². The first-order valence-electron chi connectivity index (χ1n) is 5.69. The zero-order valence-electron chi connectivity index (χ0n) is 10.6. The van der Waals surface area contributed by atoms with E-state index in [1.54, 1.807) is 24.3 Å². The summed E-state index contributed by atoms with van der Waals surface area (Å²) in [6.07, 6.45) is 0. The lowest BCUT2D eigenvalue weighted by Gasteiger charge is -2.20. The number of carbonyl (C=O) groups is 2. The highest BCUT2D eigenvalue weighted by Crippen LogP contribution is 2.12. The predicted molar refractivity (Wildman–Crippen MR) is 71.2 cm³/mol. The summed E-state index contributed by atoms with van der Waals surface area (Å²) in [6, 6.07) is 6.55. The third-order valence-electron chi connectivity index (χ3n) is 2.42. The number of nitrogens with one attached hydrogen (secondary N) is 2. The number of hydrogen-bond acceptors (Lipinski definition) is 3. The van der Waals surface area contributed by atoms with Gasteiger partial charge in [-0.05, 0) is 25.1 Å². The molecule has 4 N–H and O–H groups in total. The Labute approximate surface area is 106 Å². The average molecular weight is 250 g/mol. The monoisotopic (exact) mass is 250 g/mol. The van der Waals surface area contributed by atoms with Crippen LogP contribution in [0.5, 0.6) is 0 Å². The van der Waals surface area contributed by atoms with Gasteiger partial charge in [0.2, 0.25) is 5.91 Å². The van der Waals surface area contributed by atoms with Crippen molar-refractivity contribution in [3.05, 3.63) is 24.3 Å². The summed E-state index contributed by atoms with van der Waals surface area (Å²) in [4.78, 5) is 24.5. The lowest BCUT2D eigenvalue weighted by atomic mass is 10.3. The molecule has 6 heteroatoms. The number of anilines is 2. The van der Waals surface area contributed by atoms with Gasteiger partial charge in [0.05, 0.1) is 0 Å². The van der Waals surface area contributed by atoms with Crippen LogP contribution in [-0.2, 0) is 4.79 Å². The first kappa shape index (κ1) is 13.8. The third-order valence-corrected chi connectivity index (χ3v) is 2.42. The van der Waals surface area contributed by atoms with Gasteiger partial charge in [0.25, 0.3) is 0 Å². The molecule has 0 saturated heterocycles. The minimum atomic E-state index is -0.327. The molecule has 0 saturated carbocycles. The Bertz CT molecular complexity index is 434. The summed E-state index contributed by atoms with van der Waals surface area (Å²) < 4.78 is 0. The Kier molecular flexibility index (Phi) is 4.98. The van der Waals surface area contributed by atoms with E-state index < -0.39 is 0 Å². The van der Waals surface area contributed by atoms with E-state index in [2.05, 4.69) is 10.6 Å². The number of carbonyl (C=O) groups excluding carboxylic acids is 2. The highest BCUT2D eigenvalue weighted by Gasteiger charge is 2.14. The van der Waals surface area contributed by atoms with Gasteiger partial charge in [-0.2, -0.15) is 0 Å². The van der Waals surface area contributed by atoms with Crippen LogP contribution in [-0.4, -0.2) is 37.0 Å². The molecule has 0 fully saturated rings. The Morgan fingerprint density at radius 1 is 1.39 bits per heavy atom. The zero-order valence-corrected chi connectivity index (χ0v) is 10.6. The van der Waals surface area contributed by atoms with Gasteiger partial charge < -0.3 is 21.3 Å². The summed E-state index contributed by atoms with van der Waals surface area (Å²) in [5.74, 6) is -0.209.